The van der Waals surface area contributed by atoms with E-state index >= 15 is 0 Å². The Hall–Kier alpha value is -1.99. The van der Waals surface area contributed by atoms with Crippen molar-refractivity contribution in [2.24, 2.45) is 0 Å². The van der Waals surface area contributed by atoms with E-state index in [2.05, 4.69) is 16.8 Å². The standard InChI is InChI=1S/C18H18F2N2O2S/c19-12-1-2-14(20)15(11-12)21-17(23)22-7-5-18(6-8-22)13-4-10-25-16(13)3-9-24-18/h1-2,4,10-11H,3,5-9H2,(H,21,23). The van der Waals surface area contributed by atoms with Crippen LogP contribution in [0.4, 0.5) is 19.3 Å². The van der Waals surface area contributed by atoms with Crippen LogP contribution in [0.1, 0.15) is 23.3 Å². The van der Waals surface area contributed by atoms with Gasteiger partial charge < -0.3 is 15.0 Å². The maximum atomic E-state index is 13.7. The Morgan fingerprint density at radius 3 is 2.84 bits per heavy atom. The zero-order valence-corrected chi connectivity index (χ0v) is 14.4. The molecule has 0 saturated carbocycles. The summed E-state index contributed by atoms with van der Waals surface area (Å²) in [5, 5.41) is 4.55. The number of carbonyl (C=O) groups excluding carboxylic acids is 1. The van der Waals surface area contributed by atoms with Crippen LogP contribution in [0.2, 0.25) is 0 Å². The highest BCUT2D eigenvalue weighted by Gasteiger charge is 2.42. The van der Waals surface area contributed by atoms with E-state index in [-0.39, 0.29) is 11.3 Å². The molecule has 2 aliphatic rings. The van der Waals surface area contributed by atoms with E-state index in [1.807, 2.05) is 0 Å². The molecule has 4 rings (SSSR count). The second-order valence-corrected chi connectivity index (χ2v) is 7.39. The number of piperidine rings is 1. The molecule has 2 aliphatic heterocycles. The number of amides is 2. The molecule has 1 aromatic heterocycles. The summed E-state index contributed by atoms with van der Waals surface area (Å²) in [6.07, 6.45) is 2.35. The second-order valence-electron chi connectivity index (χ2n) is 6.39. The van der Waals surface area contributed by atoms with Crippen molar-refractivity contribution < 1.29 is 18.3 Å². The summed E-state index contributed by atoms with van der Waals surface area (Å²) < 4.78 is 33.0. The van der Waals surface area contributed by atoms with Crippen molar-refractivity contribution >= 4 is 23.1 Å². The van der Waals surface area contributed by atoms with Crippen molar-refractivity contribution in [1.82, 2.24) is 4.90 Å². The molecule has 0 aliphatic carbocycles. The molecule has 1 spiro atoms. The highest BCUT2D eigenvalue weighted by atomic mass is 32.1. The minimum Gasteiger partial charge on any atom is -0.370 e. The first kappa shape index (κ1) is 16.5. The molecule has 0 unspecified atom stereocenters. The molecule has 0 radical (unpaired) electrons. The maximum Gasteiger partial charge on any atom is 0.321 e. The Bertz CT molecular complexity index is 800. The first-order valence-corrected chi connectivity index (χ1v) is 9.17. The summed E-state index contributed by atoms with van der Waals surface area (Å²) in [4.78, 5) is 15.4. The number of anilines is 1. The van der Waals surface area contributed by atoms with E-state index < -0.39 is 17.7 Å². The minimum absolute atomic E-state index is 0.140. The average Bonchev–Trinajstić information content (AvgIpc) is 3.09. The van der Waals surface area contributed by atoms with Gasteiger partial charge in [-0.25, -0.2) is 13.6 Å². The molecule has 1 saturated heterocycles. The predicted molar refractivity (Wildman–Crippen MR) is 91.8 cm³/mol. The average molecular weight is 364 g/mol. The molecule has 132 valence electrons. The number of likely N-dealkylation sites (tertiary alicyclic amines) is 1. The minimum atomic E-state index is -0.651. The third-order valence-electron chi connectivity index (χ3n) is 4.97. The fourth-order valence-corrected chi connectivity index (χ4v) is 4.58. The number of benzene rings is 1. The number of ether oxygens (including phenoxy) is 1. The van der Waals surface area contributed by atoms with E-state index in [1.165, 1.54) is 10.4 Å². The smallest absolute Gasteiger partial charge is 0.321 e. The fraction of sp³-hybridized carbons (Fsp3) is 0.389. The van der Waals surface area contributed by atoms with Gasteiger partial charge >= 0.3 is 6.03 Å². The van der Waals surface area contributed by atoms with Gasteiger partial charge in [0.05, 0.1) is 17.9 Å². The van der Waals surface area contributed by atoms with Crippen LogP contribution in [0.25, 0.3) is 0 Å². The summed E-state index contributed by atoms with van der Waals surface area (Å²) in [5.74, 6) is -1.24. The van der Waals surface area contributed by atoms with Gasteiger partial charge in [0.2, 0.25) is 0 Å². The summed E-state index contributed by atoms with van der Waals surface area (Å²) in [6.45, 7) is 1.73. The topological polar surface area (TPSA) is 41.6 Å². The Kier molecular flexibility index (Phi) is 4.21. The van der Waals surface area contributed by atoms with Gasteiger partial charge in [0.25, 0.3) is 0 Å². The van der Waals surface area contributed by atoms with Crippen LogP contribution in [-0.2, 0) is 16.8 Å². The van der Waals surface area contributed by atoms with Crippen molar-refractivity contribution in [2.45, 2.75) is 24.9 Å². The van der Waals surface area contributed by atoms with Gasteiger partial charge in [-0.1, -0.05) is 0 Å². The maximum absolute atomic E-state index is 13.7. The Balaban J connectivity index is 1.44. The lowest BCUT2D eigenvalue weighted by Crippen LogP contribution is -2.49. The summed E-state index contributed by atoms with van der Waals surface area (Å²) in [6, 6.07) is 4.72. The quantitative estimate of drug-likeness (QED) is 0.827. The Morgan fingerprint density at radius 1 is 1.24 bits per heavy atom. The molecule has 25 heavy (non-hydrogen) atoms. The summed E-state index contributed by atoms with van der Waals surface area (Å²) >= 11 is 1.75. The number of nitrogens with zero attached hydrogens (tertiary/aromatic N) is 1. The monoisotopic (exact) mass is 364 g/mol. The van der Waals surface area contributed by atoms with Crippen LogP contribution < -0.4 is 5.32 Å². The van der Waals surface area contributed by atoms with Crippen LogP contribution in [0.15, 0.2) is 29.6 Å². The number of carbonyl (C=O) groups is 1. The van der Waals surface area contributed by atoms with Crippen molar-refractivity contribution in [2.75, 3.05) is 25.0 Å². The predicted octanol–water partition coefficient (Wildman–Crippen LogP) is 4.12. The molecular formula is C18H18F2N2O2S. The van der Waals surface area contributed by atoms with Gasteiger partial charge in [0, 0.05) is 30.5 Å². The van der Waals surface area contributed by atoms with Gasteiger partial charge in [-0.15, -0.1) is 11.3 Å². The second kappa shape index (κ2) is 6.38. The van der Waals surface area contributed by atoms with Crippen LogP contribution >= 0.6 is 11.3 Å². The van der Waals surface area contributed by atoms with Gasteiger partial charge in [0.1, 0.15) is 11.6 Å². The van der Waals surface area contributed by atoms with Crippen molar-refractivity contribution in [3.8, 4) is 0 Å². The molecule has 2 aromatic rings. The number of nitrogens with one attached hydrogen (secondary N) is 1. The molecular weight excluding hydrogens is 346 g/mol. The van der Waals surface area contributed by atoms with Gasteiger partial charge in [-0.05, 0) is 42.0 Å². The zero-order chi connectivity index (χ0) is 17.4. The van der Waals surface area contributed by atoms with Gasteiger partial charge in [0.15, 0.2) is 0 Å². The molecule has 1 fully saturated rings. The number of urea groups is 1. The molecule has 3 heterocycles. The Morgan fingerprint density at radius 2 is 2.04 bits per heavy atom. The van der Waals surface area contributed by atoms with E-state index in [4.69, 9.17) is 4.74 Å². The van der Waals surface area contributed by atoms with Crippen LogP contribution in [0, 0.1) is 11.6 Å². The van der Waals surface area contributed by atoms with Crippen molar-refractivity contribution in [1.29, 1.82) is 0 Å². The van der Waals surface area contributed by atoms with Crippen molar-refractivity contribution in [3.63, 3.8) is 0 Å². The molecule has 4 nitrogen and oxygen atoms in total. The van der Waals surface area contributed by atoms with Crippen molar-refractivity contribution in [3.05, 3.63) is 51.7 Å². The molecule has 7 heteroatoms. The van der Waals surface area contributed by atoms with E-state index in [0.717, 1.165) is 24.6 Å². The largest absolute Gasteiger partial charge is 0.370 e. The van der Waals surface area contributed by atoms with E-state index in [9.17, 15) is 13.6 Å². The summed E-state index contributed by atoms with van der Waals surface area (Å²) in [7, 11) is 0. The number of rotatable bonds is 1. The van der Waals surface area contributed by atoms with Crippen LogP contribution in [0.5, 0.6) is 0 Å². The summed E-state index contributed by atoms with van der Waals surface area (Å²) in [5.41, 5.74) is 0.799. The molecule has 1 N–H and O–H groups in total. The Labute approximate surface area is 148 Å². The first-order valence-electron chi connectivity index (χ1n) is 8.29. The van der Waals surface area contributed by atoms with E-state index in [1.54, 1.807) is 16.2 Å². The molecule has 0 atom stereocenters. The lowest BCUT2D eigenvalue weighted by Gasteiger charge is -2.44. The van der Waals surface area contributed by atoms with Crippen LogP contribution in [-0.4, -0.2) is 30.6 Å². The van der Waals surface area contributed by atoms with Gasteiger partial charge in [-0.3, -0.25) is 0 Å². The van der Waals surface area contributed by atoms with Gasteiger partial charge in [-0.2, -0.15) is 0 Å². The lowest BCUT2D eigenvalue weighted by molar-refractivity contribution is -0.0912. The SMILES string of the molecule is O=C(Nc1cc(F)ccc1F)N1CCC2(CC1)OCCc1sccc12. The third-order valence-corrected chi connectivity index (χ3v) is 5.95. The lowest BCUT2D eigenvalue weighted by atomic mass is 9.82. The number of hydrogen-bond acceptors (Lipinski definition) is 3. The number of fused-ring (bicyclic) bond motifs is 2. The molecule has 0 bridgehead atoms. The van der Waals surface area contributed by atoms with E-state index in [0.29, 0.717) is 32.5 Å². The molecule has 2 amide bonds. The third kappa shape index (κ3) is 3.02. The van der Waals surface area contributed by atoms with Crippen LogP contribution in [0.3, 0.4) is 0 Å². The highest BCUT2D eigenvalue weighted by Crippen LogP contribution is 2.43. The normalized spacial score (nSPS) is 18.9. The first-order chi connectivity index (χ1) is 12.1. The number of hydrogen-bond donors (Lipinski definition) is 1. The fourth-order valence-electron chi connectivity index (χ4n) is 3.63. The number of halogens is 2. The highest BCUT2D eigenvalue weighted by molar-refractivity contribution is 7.10. The molecule has 1 aromatic carbocycles. The zero-order valence-electron chi connectivity index (χ0n) is 13.6. The number of thiophene rings is 1.